The van der Waals surface area contributed by atoms with Gasteiger partial charge < -0.3 is 10.5 Å². The van der Waals surface area contributed by atoms with Crippen LogP contribution in [0.4, 0.5) is 0 Å². The summed E-state index contributed by atoms with van der Waals surface area (Å²) in [5, 5.41) is 0. The smallest absolute Gasteiger partial charge is 0.356 e. The lowest BCUT2D eigenvalue weighted by atomic mass is 9.96. The highest BCUT2D eigenvalue weighted by molar-refractivity contribution is 5.87. The number of nitrogens with zero attached hydrogens (tertiary/aromatic N) is 2. The summed E-state index contributed by atoms with van der Waals surface area (Å²) in [4.78, 5) is 18.3. The standard InChI is InChI=1S/C15H23N3O2/c1-11-5-3-7-13(9-16)18(11)10-12-6-4-8-14(17-12)15(19)20-2/h4,6,8,11,13H,3,5,7,9-10,16H2,1-2H3. The van der Waals surface area contributed by atoms with E-state index in [1.165, 1.54) is 20.0 Å². The second-order valence-corrected chi connectivity index (χ2v) is 5.35. The molecule has 2 unspecified atom stereocenters. The van der Waals surface area contributed by atoms with E-state index in [0.29, 0.717) is 24.3 Å². The van der Waals surface area contributed by atoms with E-state index in [1.54, 1.807) is 6.07 Å². The van der Waals surface area contributed by atoms with Crippen molar-refractivity contribution in [2.45, 2.75) is 44.8 Å². The molecule has 2 N–H and O–H groups in total. The highest BCUT2D eigenvalue weighted by Crippen LogP contribution is 2.24. The van der Waals surface area contributed by atoms with Gasteiger partial charge >= 0.3 is 5.97 Å². The normalized spacial score (nSPS) is 23.6. The van der Waals surface area contributed by atoms with Crippen LogP contribution in [0, 0.1) is 0 Å². The third-order valence-electron chi connectivity index (χ3n) is 4.01. The van der Waals surface area contributed by atoms with Crippen molar-refractivity contribution in [3.05, 3.63) is 29.6 Å². The van der Waals surface area contributed by atoms with Crippen molar-refractivity contribution >= 4 is 5.97 Å². The monoisotopic (exact) mass is 277 g/mol. The maximum absolute atomic E-state index is 11.5. The average Bonchev–Trinajstić information content (AvgIpc) is 2.48. The summed E-state index contributed by atoms with van der Waals surface area (Å²) in [6.45, 7) is 3.63. The molecule has 1 fully saturated rings. The largest absolute Gasteiger partial charge is 0.464 e. The fourth-order valence-electron chi connectivity index (χ4n) is 2.85. The average molecular weight is 277 g/mol. The Kier molecular flexibility index (Phi) is 5.09. The Bertz CT molecular complexity index is 464. The Labute approximate surface area is 120 Å². The van der Waals surface area contributed by atoms with Gasteiger partial charge in [0.1, 0.15) is 5.69 Å². The van der Waals surface area contributed by atoms with Crippen molar-refractivity contribution in [2.24, 2.45) is 5.73 Å². The molecular weight excluding hydrogens is 254 g/mol. The van der Waals surface area contributed by atoms with Crippen LogP contribution >= 0.6 is 0 Å². The predicted molar refractivity (Wildman–Crippen MR) is 77.3 cm³/mol. The number of hydrogen-bond donors (Lipinski definition) is 1. The van der Waals surface area contributed by atoms with Crippen molar-refractivity contribution in [1.82, 2.24) is 9.88 Å². The number of aromatic nitrogens is 1. The molecule has 1 aliphatic heterocycles. The number of carbonyl (C=O) groups is 1. The molecule has 5 nitrogen and oxygen atoms in total. The fraction of sp³-hybridized carbons (Fsp3) is 0.600. The minimum absolute atomic E-state index is 0.360. The topological polar surface area (TPSA) is 68.5 Å². The lowest BCUT2D eigenvalue weighted by Crippen LogP contribution is -2.48. The molecule has 0 aliphatic carbocycles. The Balaban J connectivity index is 2.13. The molecule has 0 amide bonds. The molecule has 5 heteroatoms. The lowest BCUT2D eigenvalue weighted by molar-refractivity contribution is 0.0592. The van der Waals surface area contributed by atoms with Gasteiger partial charge in [0.2, 0.25) is 0 Å². The molecule has 2 atom stereocenters. The molecule has 20 heavy (non-hydrogen) atoms. The summed E-state index contributed by atoms with van der Waals surface area (Å²) in [7, 11) is 1.37. The number of pyridine rings is 1. The third-order valence-corrected chi connectivity index (χ3v) is 4.01. The van der Waals surface area contributed by atoms with E-state index in [4.69, 9.17) is 10.5 Å². The molecule has 0 bridgehead atoms. The van der Waals surface area contributed by atoms with E-state index in [9.17, 15) is 4.79 Å². The van der Waals surface area contributed by atoms with Crippen molar-refractivity contribution in [2.75, 3.05) is 13.7 Å². The Morgan fingerprint density at radius 1 is 1.50 bits per heavy atom. The van der Waals surface area contributed by atoms with E-state index in [0.717, 1.165) is 18.7 Å². The molecule has 1 aromatic rings. The molecule has 0 aromatic carbocycles. The lowest BCUT2D eigenvalue weighted by Gasteiger charge is -2.40. The second kappa shape index (κ2) is 6.81. The quantitative estimate of drug-likeness (QED) is 0.846. The van der Waals surface area contributed by atoms with Gasteiger partial charge in [-0.15, -0.1) is 0 Å². The number of piperidine rings is 1. The van der Waals surface area contributed by atoms with Crippen LogP contribution in [0.3, 0.4) is 0 Å². The van der Waals surface area contributed by atoms with Crippen LogP contribution in [0.2, 0.25) is 0 Å². The zero-order valence-electron chi connectivity index (χ0n) is 12.2. The number of ether oxygens (including phenoxy) is 1. The van der Waals surface area contributed by atoms with Gasteiger partial charge in [0.15, 0.2) is 0 Å². The van der Waals surface area contributed by atoms with E-state index in [1.807, 2.05) is 12.1 Å². The SMILES string of the molecule is COC(=O)c1cccc(CN2C(C)CCCC2CN)n1. The van der Waals surface area contributed by atoms with Crippen molar-refractivity contribution in [1.29, 1.82) is 0 Å². The molecule has 1 saturated heterocycles. The first-order valence-corrected chi connectivity index (χ1v) is 7.15. The number of nitrogens with two attached hydrogens (primary N) is 1. The maximum Gasteiger partial charge on any atom is 0.356 e. The first kappa shape index (κ1) is 14.9. The molecule has 1 aromatic heterocycles. The van der Waals surface area contributed by atoms with Gasteiger partial charge in [-0.05, 0) is 31.9 Å². The summed E-state index contributed by atoms with van der Waals surface area (Å²) in [5.74, 6) is -0.395. The first-order valence-electron chi connectivity index (χ1n) is 7.15. The van der Waals surface area contributed by atoms with Crippen molar-refractivity contribution in [3.8, 4) is 0 Å². The fourth-order valence-corrected chi connectivity index (χ4v) is 2.85. The first-order chi connectivity index (χ1) is 9.65. The van der Waals surface area contributed by atoms with E-state index in [2.05, 4.69) is 16.8 Å². The van der Waals surface area contributed by atoms with Gasteiger partial charge in [-0.3, -0.25) is 4.90 Å². The number of carbonyl (C=O) groups excluding carboxylic acids is 1. The predicted octanol–water partition coefficient (Wildman–Crippen LogP) is 1.57. The number of likely N-dealkylation sites (tertiary alicyclic amines) is 1. The summed E-state index contributed by atoms with van der Waals surface area (Å²) in [6.07, 6.45) is 3.56. The van der Waals surface area contributed by atoms with E-state index in [-0.39, 0.29) is 0 Å². The Hall–Kier alpha value is -1.46. The molecule has 0 saturated carbocycles. The summed E-state index contributed by atoms with van der Waals surface area (Å²) < 4.78 is 4.71. The molecule has 0 radical (unpaired) electrons. The Morgan fingerprint density at radius 2 is 2.30 bits per heavy atom. The number of esters is 1. The van der Waals surface area contributed by atoms with Gasteiger partial charge in [0.05, 0.1) is 12.8 Å². The molecule has 2 rings (SSSR count). The molecule has 1 aliphatic rings. The minimum atomic E-state index is -0.395. The highest BCUT2D eigenvalue weighted by atomic mass is 16.5. The van der Waals surface area contributed by atoms with Crippen LogP contribution in [0.25, 0.3) is 0 Å². The van der Waals surface area contributed by atoms with Gasteiger partial charge in [-0.1, -0.05) is 12.5 Å². The maximum atomic E-state index is 11.5. The van der Waals surface area contributed by atoms with Crippen LogP contribution in [0.15, 0.2) is 18.2 Å². The van der Waals surface area contributed by atoms with Crippen LogP contribution in [-0.2, 0) is 11.3 Å². The molecular formula is C15H23N3O2. The third kappa shape index (κ3) is 3.35. The van der Waals surface area contributed by atoms with Crippen LogP contribution in [0.1, 0.15) is 42.4 Å². The number of hydrogen-bond acceptors (Lipinski definition) is 5. The van der Waals surface area contributed by atoms with Gasteiger partial charge in [-0.25, -0.2) is 9.78 Å². The Morgan fingerprint density at radius 3 is 3.00 bits per heavy atom. The number of rotatable bonds is 4. The summed E-state index contributed by atoms with van der Waals surface area (Å²) in [6, 6.07) is 6.38. The molecule has 110 valence electrons. The van der Waals surface area contributed by atoms with Crippen LogP contribution < -0.4 is 5.73 Å². The summed E-state index contributed by atoms with van der Waals surface area (Å²) in [5.41, 5.74) is 7.12. The number of methoxy groups -OCH3 is 1. The van der Waals surface area contributed by atoms with Gasteiger partial charge in [-0.2, -0.15) is 0 Å². The van der Waals surface area contributed by atoms with Crippen LogP contribution in [-0.4, -0.2) is 41.6 Å². The minimum Gasteiger partial charge on any atom is -0.464 e. The van der Waals surface area contributed by atoms with Gasteiger partial charge in [0, 0.05) is 25.2 Å². The van der Waals surface area contributed by atoms with Gasteiger partial charge in [0.25, 0.3) is 0 Å². The van der Waals surface area contributed by atoms with Crippen molar-refractivity contribution in [3.63, 3.8) is 0 Å². The zero-order chi connectivity index (χ0) is 14.5. The highest BCUT2D eigenvalue weighted by Gasteiger charge is 2.27. The van der Waals surface area contributed by atoms with Crippen molar-refractivity contribution < 1.29 is 9.53 Å². The van der Waals surface area contributed by atoms with E-state index >= 15 is 0 Å². The summed E-state index contributed by atoms with van der Waals surface area (Å²) >= 11 is 0. The molecule has 0 spiro atoms. The molecule has 2 heterocycles. The van der Waals surface area contributed by atoms with E-state index < -0.39 is 5.97 Å². The second-order valence-electron chi connectivity index (χ2n) is 5.35. The van der Waals surface area contributed by atoms with Crippen LogP contribution in [0.5, 0.6) is 0 Å². The zero-order valence-corrected chi connectivity index (χ0v) is 12.2.